The molecule has 1 aliphatic heterocycles. The quantitative estimate of drug-likeness (QED) is 0.658. The van der Waals surface area contributed by atoms with Crippen LogP contribution in [-0.4, -0.2) is 47.5 Å². The summed E-state index contributed by atoms with van der Waals surface area (Å²) in [6, 6.07) is 0.365. The van der Waals surface area contributed by atoms with Gasteiger partial charge in [0.2, 0.25) is 0 Å². The van der Waals surface area contributed by atoms with E-state index in [4.69, 9.17) is 5.11 Å². The molecule has 76 valence electrons. The number of aliphatic hydroxyl groups is 2. The van der Waals surface area contributed by atoms with Crippen molar-refractivity contribution < 1.29 is 10.2 Å². The van der Waals surface area contributed by atoms with Crippen LogP contribution >= 0.6 is 0 Å². The molecule has 0 aromatic carbocycles. The lowest BCUT2D eigenvalue weighted by Crippen LogP contribution is -2.37. The lowest BCUT2D eigenvalue weighted by atomic mass is 10.1. The molecule has 1 aliphatic carbocycles. The maximum Gasteiger partial charge on any atom is 0.0586 e. The van der Waals surface area contributed by atoms with Crippen LogP contribution in [-0.2, 0) is 0 Å². The Morgan fingerprint density at radius 3 is 2.62 bits per heavy atom. The van der Waals surface area contributed by atoms with Crippen molar-refractivity contribution in [3.8, 4) is 0 Å². The van der Waals surface area contributed by atoms with Gasteiger partial charge in [0.15, 0.2) is 0 Å². The molecule has 2 rings (SSSR count). The van der Waals surface area contributed by atoms with Crippen LogP contribution < -0.4 is 0 Å². The molecule has 0 amide bonds. The van der Waals surface area contributed by atoms with Crippen LogP contribution in [0.4, 0.5) is 0 Å². The molecule has 0 aromatic heterocycles. The van der Waals surface area contributed by atoms with Gasteiger partial charge in [0.05, 0.1) is 6.61 Å². The summed E-state index contributed by atoms with van der Waals surface area (Å²) < 4.78 is 0. The summed E-state index contributed by atoms with van der Waals surface area (Å²) in [5, 5.41) is 18.3. The molecule has 2 N–H and O–H groups in total. The van der Waals surface area contributed by atoms with Gasteiger partial charge in [0, 0.05) is 24.6 Å². The maximum atomic E-state index is 9.19. The Kier molecular flexibility index (Phi) is 2.58. The summed E-state index contributed by atoms with van der Waals surface area (Å²) in [6.07, 6.45) is 4.65. The summed E-state index contributed by atoms with van der Waals surface area (Å²) in [7, 11) is 0. The number of rotatable bonds is 4. The van der Waals surface area contributed by atoms with Crippen LogP contribution in [0.1, 0.15) is 25.7 Å². The second kappa shape index (κ2) is 3.56. The smallest absolute Gasteiger partial charge is 0.0586 e. The van der Waals surface area contributed by atoms with Crippen molar-refractivity contribution in [3.63, 3.8) is 0 Å². The number of likely N-dealkylation sites (tertiary alicyclic amines) is 1. The van der Waals surface area contributed by atoms with Gasteiger partial charge in [0.1, 0.15) is 0 Å². The van der Waals surface area contributed by atoms with Gasteiger partial charge in [-0.3, -0.25) is 4.90 Å². The van der Waals surface area contributed by atoms with Gasteiger partial charge < -0.3 is 10.2 Å². The van der Waals surface area contributed by atoms with E-state index in [1.807, 2.05) is 0 Å². The fraction of sp³-hybridized carbons (Fsp3) is 1.00. The Bertz CT molecular complexity index is 180. The number of nitrogens with zero attached hydrogens (tertiary/aromatic N) is 1. The zero-order valence-electron chi connectivity index (χ0n) is 8.08. The Balaban J connectivity index is 1.86. The lowest BCUT2D eigenvalue weighted by Gasteiger charge is -2.26. The second-order valence-electron chi connectivity index (χ2n) is 4.61. The molecule has 13 heavy (non-hydrogen) atoms. The standard InChI is InChI=1S/C10H19NO2/c12-6-9-2-1-5-11(9)7-10(8-13)3-4-10/h9,12-13H,1-8H2/t9-/m1/s1. The van der Waals surface area contributed by atoms with Crippen LogP contribution in [0.15, 0.2) is 0 Å². The van der Waals surface area contributed by atoms with Crippen molar-refractivity contribution in [2.24, 2.45) is 5.41 Å². The minimum atomic E-state index is 0.206. The van der Waals surface area contributed by atoms with Gasteiger partial charge in [-0.25, -0.2) is 0 Å². The zero-order chi connectivity index (χ0) is 9.31. The molecule has 2 fully saturated rings. The van der Waals surface area contributed by atoms with E-state index in [0.717, 1.165) is 32.4 Å². The number of aliphatic hydroxyl groups excluding tert-OH is 2. The van der Waals surface area contributed by atoms with Crippen molar-refractivity contribution in [1.82, 2.24) is 4.90 Å². The highest BCUT2D eigenvalue weighted by atomic mass is 16.3. The van der Waals surface area contributed by atoms with E-state index in [0.29, 0.717) is 12.6 Å². The van der Waals surface area contributed by atoms with Gasteiger partial charge in [0.25, 0.3) is 0 Å². The minimum Gasteiger partial charge on any atom is -0.396 e. The van der Waals surface area contributed by atoms with Gasteiger partial charge in [-0.15, -0.1) is 0 Å². The molecular weight excluding hydrogens is 166 g/mol. The first-order chi connectivity index (χ1) is 6.29. The first kappa shape index (κ1) is 9.44. The van der Waals surface area contributed by atoms with Crippen LogP contribution in [0.2, 0.25) is 0 Å². The van der Waals surface area contributed by atoms with Crippen molar-refractivity contribution >= 4 is 0 Å². The van der Waals surface area contributed by atoms with Crippen LogP contribution in [0, 0.1) is 5.41 Å². The fourth-order valence-electron chi connectivity index (χ4n) is 2.28. The molecule has 0 bridgehead atoms. The number of hydrogen-bond donors (Lipinski definition) is 2. The van der Waals surface area contributed by atoms with E-state index in [9.17, 15) is 5.11 Å². The molecule has 2 aliphatic rings. The molecule has 0 unspecified atom stereocenters. The zero-order valence-corrected chi connectivity index (χ0v) is 8.08. The van der Waals surface area contributed by atoms with E-state index in [-0.39, 0.29) is 12.0 Å². The van der Waals surface area contributed by atoms with Gasteiger partial charge in [-0.05, 0) is 32.2 Å². The average molecular weight is 185 g/mol. The fourth-order valence-corrected chi connectivity index (χ4v) is 2.28. The van der Waals surface area contributed by atoms with E-state index in [1.54, 1.807) is 0 Å². The highest BCUT2D eigenvalue weighted by Crippen LogP contribution is 2.46. The molecule has 1 atom stereocenters. The van der Waals surface area contributed by atoms with Crippen molar-refractivity contribution in [2.45, 2.75) is 31.7 Å². The Labute approximate surface area is 79.4 Å². The summed E-state index contributed by atoms with van der Waals surface area (Å²) in [4.78, 5) is 2.35. The van der Waals surface area contributed by atoms with Crippen molar-refractivity contribution in [2.75, 3.05) is 26.3 Å². The lowest BCUT2D eigenvalue weighted by molar-refractivity contribution is 0.109. The largest absolute Gasteiger partial charge is 0.396 e. The van der Waals surface area contributed by atoms with Crippen LogP contribution in [0.5, 0.6) is 0 Å². The molecule has 0 aromatic rings. The molecule has 3 heteroatoms. The monoisotopic (exact) mass is 185 g/mol. The molecule has 3 nitrogen and oxygen atoms in total. The molecule has 1 saturated heterocycles. The van der Waals surface area contributed by atoms with E-state index >= 15 is 0 Å². The van der Waals surface area contributed by atoms with Crippen LogP contribution in [0.25, 0.3) is 0 Å². The average Bonchev–Trinajstić information content (AvgIpc) is 2.78. The highest BCUT2D eigenvalue weighted by molar-refractivity contribution is 4.97. The third-order valence-corrected chi connectivity index (χ3v) is 3.54. The first-order valence-corrected chi connectivity index (χ1v) is 5.25. The molecule has 1 saturated carbocycles. The van der Waals surface area contributed by atoms with Crippen molar-refractivity contribution in [3.05, 3.63) is 0 Å². The topological polar surface area (TPSA) is 43.7 Å². The highest BCUT2D eigenvalue weighted by Gasteiger charge is 2.44. The Morgan fingerprint density at radius 2 is 2.08 bits per heavy atom. The third-order valence-electron chi connectivity index (χ3n) is 3.54. The molecular formula is C10H19NO2. The van der Waals surface area contributed by atoms with E-state index in [2.05, 4.69) is 4.90 Å². The second-order valence-corrected chi connectivity index (χ2v) is 4.61. The first-order valence-electron chi connectivity index (χ1n) is 5.25. The molecule has 1 heterocycles. The SMILES string of the molecule is OC[C@H]1CCCN1CC1(CO)CC1. The van der Waals surface area contributed by atoms with Gasteiger partial charge >= 0.3 is 0 Å². The van der Waals surface area contributed by atoms with Gasteiger partial charge in [-0.2, -0.15) is 0 Å². The number of hydrogen-bond acceptors (Lipinski definition) is 3. The van der Waals surface area contributed by atoms with Crippen LogP contribution in [0.3, 0.4) is 0 Å². The van der Waals surface area contributed by atoms with E-state index in [1.165, 1.54) is 6.42 Å². The minimum absolute atomic E-state index is 0.206. The molecule has 0 spiro atoms. The summed E-state index contributed by atoms with van der Waals surface area (Å²) in [5.41, 5.74) is 0.206. The summed E-state index contributed by atoms with van der Waals surface area (Å²) in [5.74, 6) is 0. The van der Waals surface area contributed by atoms with Crippen molar-refractivity contribution in [1.29, 1.82) is 0 Å². The summed E-state index contributed by atoms with van der Waals surface area (Å²) in [6.45, 7) is 2.70. The predicted octanol–water partition coefficient (Wildman–Crippen LogP) is 0.216. The maximum absolute atomic E-state index is 9.19. The Morgan fingerprint density at radius 1 is 1.31 bits per heavy atom. The predicted molar refractivity (Wildman–Crippen MR) is 50.4 cm³/mol. The van der Waals surface area contributed by atoms with E-state index < -0.39 is 0 Å². The third kappa shape index (κ3) is 1.87. The Hall–Kier alpha value is -0.120. The normalized spacial score (nSPS) is 32.3. The summed E-state index contributed by atoms with van der Waals surface area (Å²) >= 11 is 0. The van der Waals surface area contributed by atoms with Gasteiger partial charge in [-0.1, -0.05) is 0 Å². The molecule has 0 radical (unpaired) electrons.